The average Bonchev–Trinajstić information content (AvgIpc) is 2.66. The molecule has 1 heterocycles. The predicted octanol–water partition coefficient (Wildman–Crippen LogP) is -0.407. The topological polar surface area (TPSA) is 70.3 Å². The lowest BCUT2D eigenvalue weighted by atomic mass is 10.3. The number of hydrogen-bond acceptors (Lipinski definition) is 4. The zero-order chi connectivity index (χ0) is 12.0. The van der Waals surface area contributed by atoms with Crippen LogP contribution in [-0.4, -0.2) is 45.7 Å². The van der Waals surface area contributed by atoms with Crippen molar-refractivity contribution < 1.29 is 19.0 Å². The van der Waals surface area contributed by atoms with Gasteiger partial charge in [0.25, 0.3) is 5.92 Å². The molecule has 0 bridgehead atoms. The lowest BCUT2D eigenvalue weighted by Crippen LogP contribution is -2.35. The fraction of sp³-hybridized carbons (Fsp3) is 0.667. The smallest absolute Gasteiger partial charge is 0.282 e. The average molecular weight is 235 g/mol. The van der Waals surface area contributed by atoms with E-state index in [0.29, 0.717) is 6.54 Å². The summed E-state index contributed by atoms with van der Waals surface area (Å²) in [4.78, 5) is 0. The summed E-state index contributed by atoms with van der Waals surface area (Å²) in [5, 5.41) is 23.4. The minimum Gasteiger partial charge on any atom is -0.394 e. The number of nitrogens with zero attached hydrogens (tertiary/aromatic N) is 2. The van der Waals surface area contributed by atoms with Gasteiger partial charge >= 0.3 is 0 Å². The van der Waals surface area contributed by atoms with Gasteiger partial charge in [-0.15, -0.1) is 0 Å². The van der Waals surface area contributed by atoms with Gasteiger partial charge in [0.15, 0.2) is 0 Å². The number of rotatable bonds is 7. The van der Waals surface area contributed by atoms with E-state index < -0.39 is 19.1 Å². The molecule has 0 aliphatic carbocycles. The highest BCUT2D eigenvalue weighted by atomic mass is 19.3. The molecule has 0 saturated heterocycles. The quantitative estimate of drug-likeness (QED) is 0.601. The maximum atomic E-state index is 12.6. The maximum Gasteiger partial charge on any atom is 0.282 e. The second-order valence-electron chi connectivity index (χ2n) is 3.45. The van der Waals surface area contributed by atoms with E-state index in [9.17, 15) is 8.78 Å². The third-order valence-electron chi connectivity index (χ3n) is 1.96. The number of aliphatic hydroxyl groups is 2. The van der Waals surface area contributed by atoms with Crippen LogP contribution in [0.25, 0.3) is 0 Å². The Kier molecular flexibility index (Phi) is 4.78. The fourth-order valence-corrected chi connectivity index (χ4v) is 1.17. The Morgan fingerprint density at radius 3 is 2.81 bits per heavy atom. The first-order valence-electron chi connectivity index (χ1n) is 4.89. The zero-order valence-electron chi connectivity index (χ0n) is 8.74. The molecule has 0 amide bonds. The van der Waals surface area contributed by atoms with Crippen LogP contribution in [0.3, 0.4) is 0 Å². The molecule has 0 aliphatic heterocycles. The van der Waals surface area contributed by atoms with E-state index in [1.165, 1.54) is 4.68 Å². The molecule has 3 N–H and O–H groups in total. The van der Waals surface area contributed by atoms with Gasteiger partial charge in [-0.1, -0.05) is 0 Å². The van der Waals surface area contributed by atoms with Gasteiger partial charge in [0.05, 0.1) is 25.9 Å². The first-order chi connectivity index (χ1) is 7.57. The molecule has 7 heteroatoms. The van der Waals surface area contributed by atoms with Crippen molar-refractivity contribution in [2.75, 3.05) is 19.8 Å². The minimum atomic E-state index is -3.10. The third-order valence-corrected chi connectivity index (χ3v) is 1.96. The lowest BCUT2D eigenvalue weighted by molar-refractivity contribution is -0.0477. The maximum absolute atomic E-state index is 12.6. The van der Waals surface area contributed by atoms with Crippen LogP contribution in [0.1, 0.15) is 5.56 Å². The molecule has 0 spiro atoms. The molecular weight excluding hydrogens is 220 g/mol. The molecule has 0 saturated carbocycles. The Hall–Kier alpha value is -1.05. The van der Waals surface area contributed by atoms with Gasteiger partial charge in [-0.05, 0) is 0 Å². The minimum absolute atomic E-state index is 0.0167. The van der Waals surface area contributed by atoms with Gasteiger partial charge in [0.2, 0.25) is 0 Å². The summed E-state index contributed by atoms with van der Waals surface area (Å²) >= 11 is 0. The molecule has 1 aromatic rings. The van der Waals surface area contributed by atoms with Gasteiger partial charge in [-0.25, -0.2) is 8.78 Å². The molecule has 1 aromatic heterocycles. The van der Waals surface area contributed by atoms with Crippen molar-refractivity contribution in [1.82, 2.24) is 15.1 Å². The summed E-state index contributed by atoms with van der Waals surface area (Å²) in [6.45, 7) is -1.12. The van der Waals surface area contributed by atoms with Crippen LogP contribution in [0.5, 0.6) is 0 Å². The Bertz CT molecular complexity index is 317. The molecule has 0 aliphatic rings. The molecule has 16 heavy (non-hydrogen) atoms. The Morgan fingerprint density at radius 2 is 2.19 bits per heavy atom. The zero-order valence-corrected chi connectivity index (χ0v) is 8.74. The number of aromatic nitrogens is 2. The molecule has 5 nitrogen and oxygen atoms in total. The summed E-state index contributed by atoms with van der Waals surface area (Å²) in [5.41, 5.74) is 0.752. The fourth-order valence-electron chi connectivity index (χ4n) is 1.17. The van der Waals surface area contributed by atoms with Gasteiger partial charge in [-0.3, -0.25) is 4.68 Å². The number of aliphatic hydroxyl groups excluding tert-OH is 2. The second-order valence-corrected chi connectivity index (χ2v) is 3.45. The number of halogens is 2. The van der Waals surface area contributed by atoms with Crippen LogP contribution < -0.4 is 5.32 Å². The van der Waals surface area contributed by atoms with E-state index in [0.717, 1.165) is 5.56 Å². The predicted molar refractivity (Wildman–Crippen MR) is 53.1 cm³/mol. The molecule has 0 atom stereocenters. The van der Waals surface area contributed by atoms with Crippen LogP contribution >= 0.6 is 0 Å². The summed E-state index contributed by atoms with van der Waals surface area (Å²) in [6.07, 6.45) is 3.21. The Labute approximate surface area is 91.7 Å². The van der Waals surface area contributed by atoms with Crippen molar-refractivity contribution in [1.29, 1.82) is 0 Å². The van der Waals surface area contributed by atoms with Crippen LogP contribution in [0.15, 0.2) is 12.4 Å². The third kappa shape index (κ3) is 4.21. The number of nitrogens with one attached hydrogen (secondary N) is 1. The van der Waals surface area contributed by atoms with Crippen molar-refractivity contribution in [2.24, 2.45) is 0 Å². The molecule has 0 radical (unpaired) electrons. The normalized spacial score (nSPS) is 12.0. The first-order valence-corrected chi connectivity index (χ1v) is 4.89. The second kappa shape index (κ2) is 5.88. The Morgan fingerprint density at radius 1 is 1.44 bits per heavy atom. The van der Waals surface area contributed by atoms with Gasteiger partial charge in [0.1, 0.15) is 6.61 Å². The van der Waals surface area contributed by atoms with Crippen LogP contribution in [0, 0.1) is 0 Å². The summed E-state index contributed by atoms with van der Waals surface area (Å²) in [6, 6.07) is 0. The summed E-state index contributed by atoms with van der Waals surface area (Å²) in [7, 11) is 0. The highest BCUT2D eigenvalue weighted by Crippen LogP contribution is 2.10. The van der Waals surface area contributed by atoms with Crippen molar-refractivity contribution in [3.05, 3.63) is 18.0 Å². The molecule has 0 fully saturated rings. The molecule has 92 valence electrons. The van der Waals surface area contributed by atoms with Crippen molar-refractivity contribution >= 4 is 0 Å². The summed E-state index contributed by atoms with van der Waals surface area (Å²) < 4.78 is 26.8. The molecule has 0 aromatic carbocycles. The van der Waals surface area contributed by atoms with Gasteiger partial charge in [-0.2, -0.15) is 5.10 Å². The van der Waals surface area contributed by atoms with Crippen LogP contribution in [-0.2, 0) is 13.1 Å². The van der Waals surface area contributed by atoms with E-state index in [-0.39, 0.29) is 13.2 Å². The molecular formula is C9H15F2N3O2. The Balaban J connectivity index is 2.31. The molecule has 1 rings (SSSR count). The van der Waals surface area contributed by atoms with E-state index in [1.807, 2.05) is 0 Å². The van der Waals surface area contributed by atoms with Gasteiger partial charge < -0.3 is 15.5 Å². The largest absolute Gasteiger partial charge is 0.394 e. The highest BCUT2D eigenvalue weighted by molar-refractivity contribution is 5.03. The van der Waals surface area contributed by atoms with E-state index in [1.54, 1.807) is 12.4 Å². The monoisotopic (exact) mass is 235 g/mol. The van der Waals surface area contributed by atoms with E-state index >= 15 is 0 Å². The van der Waals surface area contributed by atoms with Crippen LogP contribution in [0.4, 0.5) is 8.78 Å². The number of hydrogen-bond donors (Lipinski definition) is 3. The van der Waals surface area contributed by atoms with Crippen LogP contribution in [0.2, 0.25) is 0 Å². The van der Waals surface area contributed by atoms with Gasteiger partial charge in [0, 0.05) is 18.3 Å². The van der Waals surface area contributed by atoms with Crippen molar-refractivity contribution in [3.8, 4) is 0 Å². The van der Waals surface area contributed by atoms with E-state index in [4.69, 9.17) is 10.2 Å². The number of alkyl halides is 2. The molecule has 0 unspecified atom stereocenters. The van der Waals surface area contributed by atoms with E-state index in [2.05, 4.69) is 10.4 Å². The van der Waals surface area contributed by atoms with Crippen molar-refractivity contribution in [3.63, 3.8) is 0 Å². The lowest BCUT2D eigenvalue weighted by Gasteiger charge is -2.13. The standard InChI is InChI=1S/C9H15F2N3O2/c10-9(11,7-16)6-12-3-8-4-13-14(5-8)1-2-15/h4-5,12,15-16H,1-3,6-7H2. The first kappa shape index (κ1) is 13.0. The highest BCUT2D eigenvalue weighted by Gasteiger charge is 2.26. The van der Waals surface area contributed by atoms with Crippen molar-refractivity contribution in [2.45, 2.75) is 19.0 Å². The summed E-state index contributed by atoms with van der Waals surface area (Å²) in [5.74, 6) is -3.10. The SMILES string of the molecule is OCCn1cc(CNCC(F)(F)CO)cn1.